The van der Waals surface area contributed by atoms with Gasteiger partial charge in [-0.15, -0.1) is 0 Å². The lowest BCUT2D eigenvalue weighted by Gasteiger charge is -2.12. The third-order valence-corrected chi connectivity index (χ3v) is 5.92. The Kier molecular flexibility index (Phi) is 6.50. The van der Waals surface area contributed by atoms with Gasteiger partial charge in [0.2, 0.25) is 11.7 Å². The highest BCUT2D eigenvalue weighted by Gasteiger charge is 2.14. The fourth-order valence-corrected chi connectivity index (χ4v) is 4.12. The maximum atomic E-state index is 13.0. The van der Waals surface area contributed by atoms with Crippen LogP contribution in [0.1, 0.15) is 32.1 Å². The predicted molar refractivity (Wildman–Crippen MR) is 120 cm³/mol. The van der Waals surface area contributed by atoms with Gasteiger partial charge in [-0.25, -0.2) is 4.98 Å². The van der Waals surface area contributed by atoms with Gasteiger partial charge >= 0.3 is 0 Å². The normalized spacial score (nSPS) is 11.3. The number of halogens is 1. The van der Waals surface area contributed by atoms with E-state index in [2.05, 4.69) is 17.1 Å². The Morgan fingerprint density at radius 3 is 2.67 bits per heavy atom. The lowest BCUT2D eigenvalue weighted by Crippen LogP contribution is -2.23. The van der Waals surface area contributed by atoms with Crippen molar-refractivity contribution in [3.05, 3.63) is 69.8 Å². The molecule has 8 heteroatoms. The minimum absolute atomic E-state index is 0.00779. The first kappa shape index (κ1) is 20.6. The van der Waals surface area contributed by atoms with E-state index in [9.17, 15) is 4.79 Å². The molecule has 0 saturated heterocycles. The van der Waals surface area contributed by atoms with Crippen LogP contribution in [0.5, 0.6) is 0 Å². The fourth-order valence-electron chi connectivity index (χ4n) is 3.13. The third-order valence-electron chi connectivity index (χ3n) is 4.71. The molecule has 0 bridgehead atoms. The Labute approximate surface area is 183 Å². The summed E-state index contributed by atoms with van der Waals surface area (Å²) in [5, 5.41) is 6.01. The van der Waals surface area contributed by atoms with Crippen molar-refractivity contribution in [2.24, 2.45) is 0 Å². The quantitative estimate of drug-likeness (QED) is 0.202. The summed E-state index contributed by atoms with van der Waals surface area (Å²) in [6.07, 6.45) is 3.09. The molecule has 0 aliphatic rings. The van der Waals surface area contributed by atoms with E-state index in [-0.39, 0.29) is 5.56 Å². The summed E-state index contributed by atoms with van der Waals surface area (Å²) < 4.78 is 7.16. The zero-order valence-electron chi connectivity index (χ0n) is 16.5. The molecule has 2 aromatic carbocycles. The summed E-state index contributed by atoms with van der Waals surface area (Å²) >= 11 is 7.37. The number of hydrogen-bond donors (Lipinski definition) is 0. The van der Waals surface area contributed by atoms with Gasteiger partial charge in [-0.2, -0.15) is 4.98 Å². The van der Waals surface area contributed by atoms with Gasteiger partial charge in [0.15, 0.2) is 5.16 Å². The number of unbranched alkanes of at least 4 members (excludes halogenated alkanes) is 2. The average molecular weight is 441 g/mol. The van der Waals surface area contributed by atoms with Gasteiger partial charge in [-0.3, -0.25) is 9.36 Å². The Morgan fingerprint density at radius 2 is 1.87 bits per heavy atom. The van der Waals surface area contributed by atoms with E-state index in [1.54, 1.807) is 16.7 Å². The van der Waals surface area contributed by atoms with Crippen LogP contribution < -0.4 is 5.56 Å². The largest absolute Gasteiger partial charge is 0.338 e. The molecular weight excluding hydrogens is 420 g/mol. The molecule has 0 atom stereocenters. The van der Waals surface area contributed by atoms with E-state index in [0.717, 1.165) is 24.8 Å². The summed E-state index contributed by atoms with van der Waals surface area (Å²) in [6.45, 7) is 2.79. The standard InChI is InChI=1S/C22H21ClN4O2S/c1-2-3-6-13-27-21(28)17-7-4-5-8-18(17)24-22(27)30-14-19-25-20(26-29-19)15-9-11-16(23)12-10-15/h4-5,7-12H,2-3,6,13-14H2,1H3. The van der Waals surface area contributed by atoms with Crippen LogP contribution in [0.15, 0.2) is 63.0 Å². The van der Waals surface area contributed by atoms with Crippen molar-refractivity contribution in [2.45, 2.75) is 43.6 Å². The number of thioether (sulfide) groups is 1. The topological polar surface area (TPSA) is 73.8 Å². The van der Waals surface area contributed by atoms with Crippen LogP contribution in [0.2, 0.25) is 5.02 Å². The molecule has 0 N–H and O–H groups in total. The number of para-hydroxylation sites is 1. The highest BCUT2D eigenvalue weighted by Crippen LogP contribution is 2.24. The van der Waals surface area contributed by atoms with Crippen molar-refractivity contribution in [3.8, 4) is 11.4 Å². The molecule has 0 unspecified atom stereocenters. The second-order valence-electron chi connectivity index (χ2n) is 6.88. The molecule has 6 nitrogen and oxygen atoms in total. The first-order chi connectivity index (χ1) is 14.7. The molecule has 154 valence electrons. The van der Waals surface area contributed by atoms with Crippen LogP contribution in [-0.2, 0) is 12.3 Å². The second kappa shape index (κ2) is 9.45. The summed E-state index contributed by atoms with van der Waals surface area (Å²) in [7, 11) is 0. The minimum Gasteiger partial charge on any atom is -0.338 e. The molecule has 0 saturated carbocycles. The molecule has 4 rings (SSSR count). The molecule has 0 aliphatic heterocycles. The van der Waals surface area contributed by atoms with Crippen molar-refractivity contribution in [3.63, 3.8) is 0 Å². The molecular formula is C22H21ClN4O2S. The Hall–Kier alpha value is -2.64. The molecule has 30 heavy (non-hydrogen) atoms. The number of rotatable bonds is 8. The number of benzene rings is 2. The van der Waals surface area contributed by atoms with E-state index >= 15 is 0 Å². The van der Waals surface area contributed by atoms with Crippen LogP contribution in [-0.4, -0.2) is 19.7 Å². The van der Waals surface area contributed by atoms with Gasteiger partial charge < -0.3 is 4.52 Å². The molecule has 2 heterocycles. The van der Waals surface area contributed by atoms with Gasteiger partial charge in [0.05, 0.1) is 16.7 Å². The third kappa shape index (κ3) is 4.57. The molecule has 0 fully saturated rings. The average Bonchev–Trinajstić information content (AvgIpc) is 3.24. The van der Waals surface area contributed by atoms with Gasteiger partial charge in [0, 0.05) is 17.1 Å². The smallest absolute Gasteiger partial charge is 0.262 e. The number of fused-ring (bicyclic) bond motifs is 1. The van der Waals surface area contributed by atoms with E-state index in [1.165, 1.54) is 11.8 Å². The first-order valence-electron chi connectivity index (χ1n) is 9.86. The van der Waals surface area contributed by atoms with Crippen molar-refractivity contribution in [1.29, 1.82) is 0 Å². The monoisotopic (exact) mass is 440 g/mol. The molecule has 0 amide bonds. The molecule has 0 radical (unpaired) electrons. The maximum Gasteiger partial charge on any atom is 0.262 e. The van der Waals surface area contributed by atoms with Gasteiger partial charge in [0.1, 0.15) is 0 Å². The summed E-state index contributed by atoms with van der Waals surface area (Å²) in [5.74, 6) is 1.42. The molecule has 0 spiro atoms. The second-order valence-corrected chi connectivity index (χ2v) is 8.26. The highest BCUT2D eigenvalue weighted by atomic mass is 35.5. The minimum atomic E-state index is -0.00779. The zero-order valence-corrected chi connectivity index (χ0v) is 18.1. The van der Waals surface area contributed by atoms with Crippen LogP contribution in [0.4, 0.5) is 0 Å². The molecule has 2 aromatic heterocycles. The van der Waals surface area contributed by atoms with E-state index < -0.39 is 0 Å². The van der Waals surface area contributed by atoms with Crippen molar-refractivity contribution in [2.75, 3.05) is 0 Å². The van der Waals surface area contributed by atoms with Crippen molar-refractivity contribution in [1.82, 2.24) is 19.7 Å². The van der Waals surface area contributed by atoms with Crippen molar-refractivity contribution < 1.29 is 4.52 Å². The summed E-state index contributed by atoms with van der Waals surface area (Å²) in [5.41, 5.74) is 1.52. The molecule has 4 aromatic rings. The van der Waals surface area contributed by atoms with Crippen LogP contribution >= 0.6 is 23.4 Å². The highest BCUT2D eigenvalue weighted by molar-refractivity contribution is 7.98. The van der Waals surface area contributed by atoms with Crippen LogP contribution in [0.25, 0.3) is 22.3 Å². The Balaban J connectivity index is 1.58. The van der Waals surface area contributed by atoms with E-state index in [0.29, 0.717) is 45.1 Å². The maximum absolute atomic E-state index is 13.0. The number of aromatic nitrogens is 4. The Morgan fingerprint density at radius 1 is 1.07 bits per heavy atom. The van der Waals surface area contributed by atoms with Gasteiger partial charge in [-0.05, 0) is 42.8 Å². The van der Waals surface area contributed by atoms with Crippen LogP contribution in [0, 0.1) is 0 Å². The van der Waals surface area contributed by atoms with E-state index in [4.69, 9.17) is 21.1 Å². The number of hydrogen-bond acceptors (Lipinski definition) is 6. The number of nitrogens with zero attached hydrogens (tertiary/aromatic N) is 4. The van der Waals surface area contributed by atoms with Gasteiger partial charge in [-0.1, -0.05) is 60.4 Å². The van der Waals surface area contributed by atoms with Crippen molar-refractivity contribution >= 4 is 34.3 Å². The van der Waals surface area contributed by atoms with E-state index in [1.807, 2.05) is 36.4 Å². The molecule has 0 aliphatic carbocycles. The predicted octanol–water partition coefficient (Wildman–Crippen LogP) is 5.58. The fraction of sp³-hybridized carbons (Fsp3) is 0.273. The summed E-state index contributed by atoms with van der Waals surface area (Å²) in [6, 6.07) is 14.7. The Bertz CT molecular complexity index is 1200. The first-order valence-corrected chi connectivity index (χ1v) is 11.2. The lowest BCUT2D eigenvalue weighted by atomic mass is 10.2. The summed E-state index contributed by atoms with van der Waals surface area (Å²) in [4.78, 5) is 22.2. The zero-order chi connectivity index (χ0) is 20.9. The van der Waals surface area contributed by atoms with Crippen LogP contribution in [0.3, 0.4) is 0 Å². The van der Waals surface area contributed by atoms with Gasteiger partial charge in [0.25, 0.3) is 5.56 Å². The lowest BCUT2D eigenvalue weighted by molar-refractivity contribution is 0.391. The SMILES string of the molecule is CCCCCn1c(SCc2nc(-c3ccc(Cl)cc3)no2)nc2ccccc2c1=O.